The van der Waals surface area contributed by atoms with Crippen LogP contribution in [0.1, 0.15) is 27.7 Å². The number of nitrogens with zero attached hydrogens (tertiary/aromatic N) is 2. The molecule has 0 bridgehead atoms. The highest BCUT2D eigenvalue weighted by Gasteiger charge is 2.35. The number of hydrazine groups is 1. The van der Waals surface area contributed by atoms with Gasteiger partial charge in [0.2, 0.25) is 5.91 Å². The third kappa shape index (κ3) is 3.78. The summed E-state index contributed by atoms with van der Waals surface area (Å²) in [4.78, 5) is 29.7. The van der Waals surface area contributed by atoms with Gasteiger partial charge < -0.3 is 9.80 Å². The van der Waals surface area contributed by atoms with Crippen LogP contribution in [-0.2, 0) is 4.79 Å². The highest BCUT2D eigenvalue weighted by Crippen LogP contribution is 2.26. The van der Waals surface area contributed by atoms with E-state index in [1.54, 1.807) is 21.1 Å². The van der Waals surface area contributed by atoms with Crippen molar-refractivity contribution in [3.63, 3.8) is 0 Å². The molecule has 3 heterocycles. The van der Waals surface area contributed by atoms with E-state index in [0.29, 0.717) is 32.6 Å². The second-order valence-electron chi connectivity index (χ2n) is 6.89. The predicted molar refractivity (Wildman–Crippen MR) is 101 cm³/mol. The zero-order valence-electron chi connectivity index (χ0n) is 15.0. The number of hydrogen-bond acceptors (Lipinski definition) is 5. The molecule has 28 heavy (non-hydrogen) atoms. The molecule has 148 valence electrons. The minimum Gasteiger partial charge on any atom is -0.338 e. The maximum absolute atomic E-state index is 13.4. The first kappa shape index (κ1) is 19.0. The summed E-state index contributed by atoms with van der Waals surface area (Å²) < 4.78 is 26.4. The van der Waals surface area contributed by atoms with Crippen molar-refractivity contribution in [3.05, 3.63) is 57.8 Å². The van der Waals surface area contributed by atoms with Crippen molar-refractivity contribution >= 4 is 23.2 Å². The molecule has 2 aliphatic heterocycles. The Morgan fingerprint density at radius 1 is 1.00 bits per heavy atom. The van der Waals surface area contributed by atoms with E-state index in [9.17, 15) is 18.4 Å². The van der Waals surface area contributed by atoms with Crippen LogP contribution in [0.25, 0.3) is 0 Å². The lowest BCUT2D eigenvalue weighted by Crippen LogP contribution is -2.54. The maximum atomic E-state index is 13.4. The summed E-state index contributed by atoms with van der Waals surface area (Å²) in [6.45, 7) is 1.54. The molecule has 0 spiro atoms. The van der Waals surface area contributed by atoms with Gasteiger partial charge in [0.1, 0.15) is 6.04 Å². The summed E-state index contributed by atoms with van der Waals surface area (Å²) in [6, 6.07) is 6.97. The largest absolute Gasteiger partial charge is 0.338 e. The Kier molecular flexibility index (Phi) is 5.38. The number of thiophene rings is 1. The van der Waals surface area contributed by atoms with Crippen molar-refractivity contribution in [2.24, 2.45) is 0 Å². The van der Waals surface area contributed by atoms with Crippen molar-refractivity contribution < 1.29 is 18.4 Å². The van der Waals surface area contributed by atoms with Gasteiger partial charge in [-0.2, -0.15) is 0 Å². The first-order chi connectivity index (χ1) is 13.5. The molecule has 2 N–H and O–H groups in total. The second-order valence-corrected chi connectivity index (χ2v) is 7.87. The van der Waals surface area contributed by atoms with Gasteiger partial charge in [0, 0.05) is 36.6 Å². The quantitative estimate of drug-likeness (QED) is 0.818. The molecule has 2 saturated heterocycles. The molecule has 6 nitrogen and oxygen atoms in total. The van der Waals surface area contributed by atoms with E-state index in [2.05, 4.69) is 10.9 Å². The van der Waals surface area contributed by atoms with Gasteiger partial charge in [-0.05, 0) is 36.1 Å². The number of carbonyl (C=O) groups excluding carboxylic acids is 2. The average molecular weight is 406 g/mol. The third-order valence-electron chi connectivity index (χ3n) is 5.13. The second kappa shape index (κ2) is 7.94. The fourth-order valence-electron chi connectivity index (χ4n) is 3.56. The molecule has 0 saturated carbocycles. The van der Waals surface area contributed by atoms with Gasteiger partial charge in [0.25, 0.3) is 5.91 Å². The number of nitrogens with one attached hydrogen (secondary N) is 2. The zero-order valence-corrected chi connectivity index (χ0v) is 15.8. The van der Waals surface area contributed by atoms with E-state index in [1.807, 2.05) is 17.5 Å². The van der Waals surface area contributed by atoms with Gasteiger partial charge in [-0.3, -0.25) is 9.59 Å². The van der Waals surface area contributed by atoms with Crippen molar-refractivity contribution in [3.8, 4) is 0 Å². The molecule has 1 aromatic heterocycles. The van der Waals surface area contributed by atoms with Crippen molar-refractivity contribution in [1.82, 2.24) is 20.7 Å². The lowest BCUT2D eigenvalue weighted by molar-refractivity contribution is -0.134. The van der Waals surface area contributed by atoms with Crippen LogP contribution in [0.2, 0.25) is 0 Å². The number of amides is 2. The highest BCUT2D eigenvalue weighted by molar-refractivity contribution is 7.10. The topological polar surface area (TPSA) is 64.7 Å². The molecule has 2 aliphatic rings. The molecular formula is C19H20F2N4O2S. The van der Waals surface area contributed by atoms with E-state index in [4.69, 9.17) is 0 Å². The number of piperazine rings is 1. The standard InChI is InChI=1S/C19H20F2N4O2S/c20-13-4-3-12(10-14(13)21)18(26)24-5-7-25(8-6-24)19(27)16-11-15(22-23-16)17-2-1-9-28-17/h1-4,9-10,15-16,22-23H,5-8,11H2. The fraction of sp³-hybridized carbons (Fsp3) is 0.368. The average Bonchev–Trinajstić information content (AvgIpc) is 3.41. The first-order valence-electron chi connectivity index (χ1n) is 9.10. The highest BCUT2D eigenvalue weighted by atomic mass is 32.1. The number of benzene rings is 1. The van der Waals surface area contributed by atoms with E-state index in [-0.39, 0.29) is 29.5 Å². The summed E-state index contributed by atoms with van der Waals surface area (Å²) in [5.41, 5.74) is 6.35. The Bertz CT molecular complexity index is 869. The number of rotatable bonds is 3. The lowest BCUT2D eigenvalue weighted by Gasteiger charge is -2.36. The minimum atomic E-state index is -1.04. The monoisotopic (exact) mass is 406 g/mol. The Balaban J connectivity index is 1.32. The van der Waals surface area contributed by atoms with Crippen molar-refractivity contribution in [1.29, 1.82) is 0 Å². The Morgan fingerprint density at radius 3 is 2.43 bits per heavy atom. The van der Waals surface area contributed by atoms with Crippen LogP contribution >= 0.6 is 11.3 Å². The van der Waals surface area contributed by atoms with Gasteiger partial charge in [-0.15, -0.1) is 11.3 Å². The SMILES string of the molecule is O=C(c1ccc(F)c(F)c1)N1CCN(C(=O)C2CC(c3cccs3)NN2)CC1. The Hall–Kier alpha value is -2.36. The summed E-state index contributed by atoms with van der Waals surface area (Å²) in [6.07, 6.45) is 0.674. The number of carbonyl (C=O) groups is 2. The Morgan fingerprint density at radius 2 is 1.75 bits per heavy atom. The normalized spacial score (nSPS) is 22.5. The van der Waals surface area contributed by atoms with E-state index in [1.165, 1.54) is 10.9 Å². The molecule has 0 radical (unpaired) electrons. The van der Waals surface area contributed by atoms with Crippen LogP contribution in [0.15, 0.2) is 35.7 Å². The first-order valence-corrected chi connectivity index (χ1v) is 9.98. The van der Waals surface area contributed by atoms with E-state index >= 15 is 0 Å². The van der Waals surface area contributed by atoms with Crippen LogP contribution in [0, 0.1) is 11.6 Å². The molecule has 4 rings (SSSR count). The third-order valence-corrected chi connectivity index (χ3v) is 6.12. The summed E-state index contributed by atoms with van der Waals surface area (Å²) >= 11 is 1.65. The van der Waals surface area contributed by atoms with Crippen LogP contribution in [-0.4, -0.2) is 53.8 Å². The van der Waals surface area contributed by atoms with Crippen LogP contribution in [0.5, 0.6) is 0 Å². The Labute approximate surface area is 165 Å². The summed E-state index contributed by atoms with van der Waals surface area (Å²) in [5.74, 6) is -2.37. The number of halogens is 2. The molecule has 2 unspecified atom stereocenters. The predicted octanol–water partition coefficient (Wildman–Crippen LogP) is 1.92. The van der Waals surface area contributed by atoms with Crippen molar-refractivity contribution in [2.75, 3.05) is 26.2 Å². The fourth-order valence-corrected chi connectivity index (χ4v) is 4.35. The van der Waals surface area contributed by atoms with Gasteiger partial charge in [-0.25, -0.2) is 19.6 Å². The van der Waals surface area contributed by atoms with Gasteiger partial charge in [0.05, 0.1) is 6.04 Å². The minimum absolute atomic E-state index is 0.00600. The zero-order chi connectivity index (χ0) is 19.7. The summed E-state index contributed by atoms with van der Waals surface area (Å²) in [5, 5.41) is 2.01. The van der Waals surface area contributed by atoms with Gasteiger partial charge in [-0.1, -0.05) is 6.07 Å². The van der Waals surface area contributed by atoms with Gasteiger partial charge in [0.15, 0.2) is 11.6 Å². The molecule has 9 heteroatoms. The molecule has 1 aromatic carbocycles. The van der Waals surface area contributed by atoms with Crippen LogP contribution < -0.4 is 10.9 Å². The maximum Gasteiger partial charge on any atom is 0.254 e. The molecule has 0 aliphatic carbocycles. The lowest BCUT2D eigenvalue weighted by atomic mass is 10.1. The van der Waals surface area contributed by atoms with E-state index < -0.39 is 11.6 Å². The van der Waals surface area contributed by atoms with Crippen LogP contribution in [0.3, 0.4) is 0 Å². The molecule has 2 amide bonds. The summed E-state index contributed by atoms with van der Waals surface area (Å²) in [7, 11) is 0. The molecule has 2 aromatic rings. The van der Waals surface area contributed by atoms with Crippen molar-refractivity contribution in [2.45, 2.75) is 18.5 Å². The smallest absolute Gasteiger partial charge is 0.254 e. The molecule has 2 fully saturated rings. The van der Waals surface area contributed by atoms with Crippen LogP contribution in [0.4, 0.5) is 8.78 Å². The van der Waals surface area contributed by atoms with Gasteiger partial charge >= 0.3 is 0 Å². The van der Waals surface area contributed by atoms with E-state index in [0.717, 1.165) is 12.1 Å². The molecule has 2 atom stereocenters. The number of hydrogen-bond donors (Lipinski definition) is 2. The molecular weight excluding hydrogens is 386 g/mol.